The van der Waals surface area contributed by atoms with Gasteiger partial charge < -0.3 is 0 Å². The average molecular weight is 664 g/mol. The van der Waals surface area contributed by atoms with Crippen molar-refractivity contribution in [1.29, 1.82) is 0 Å². The van der Waals surface area contributed by atoms with E-state index >= 15 is 0 Å². The summed E-state index contributed by atoms with van der Waals surface area (Å²) in [5.41, 5.74) is 13.9. The molecule has 52 heavy (non-hydrogen) atoms. The molecule has 5 aromatic heterocycles. The first-order valence-electron chi connectivity index (χ1n) is 17.3. The fraction of sp³-hybridized carbons (Fsp3) is 0. The van der Waals surface area contributed by atoms with Gasteiger partial charge in [0, 0.05) is 56.8 Å². The molecule has 0 radical (unpaired) electrons. The van der Waals surface area contributed by atoms with Gasteiger partial charge in [-0.15, -0.1) is 0 Å². The Morgan fingerprint density at radius 3 is 1.38 bits per heavy atom. The summed E-state index contributed by atoms with van der Waals surface area (Å²) < 4.78 is 0. The van der Waals surface area contributed by atoms with Crippen molar-refractivity contribution in [2.45, 2.75) is 0 Å². The van der Waals surface area contributed by atoms with Crippen molar-refractivity contribution < 1.29 is 0 Å². The molecular formula is C47H29N5. The Hall–Kier alpha value is -7.11. The van der Waals surface area contributed by atoms with Crippen LogP contribution in [0.15, 0.2) is 176 Å². The van der Waals surface area contributed by atoms with E-state index in [-0.39, 0.29) is 0 Å². The summed E-state index contributed by atoms with van der Waals surface area (Å²) in [5, 5.41) is 4.38. The molecule has 0 fully saturated rings. The van der Waals surface area contributed by atoms with Crippen molar-refractivity contribution in [3.05, 3.63) is 176 Å². The van der Waals surface area contributed by atoms with Crippen molar-refractivity contribution >= 4 is 43.6 Å². The first kappa shape index (κ1) is 29.8. The van der Waals surface area contributed by atoms with Gasteiger partial charge >= 0.3 is 0 Å². The lowest BCUT2D eigenvalue weighted by atomic mass is 9.94. The number of rotatable bonds is 5. The van der Waals surface area contributed by atoms with E-state index < -0.39 is 0 Å². The zero-order chi connectivity index (χ0) is 34.4. The van der Waals surface area contributed by atoms with Crippen molar-refractivity contribution in [1.82, 2.24) is 24.9 Å². The molecule has 0 saturated carbocycles. The lowest BCUT2D eigenvalue weighted by molar-refractivity contribution is 1.28. The Labute approximate surface area is 300 Å². The number of hydrogen-bond acceptors (Lipinski definition) is 5. The van der Waals surface area contributed by atoms with E-state index in [4.69, 9.17) is 19.9 Å². The zero-order valence-electron chi connectivity index (χ0n) is 28.0. The molecule has 5 aromatic carbocycles. The summed E-state index contributed by atoms with van der Waals surface area (Å²) in [6.07, 6.45) is 5.72. The summed E-state index contributed by atoms with van der Waals surface area (Å²) in [6.45, 7) is 0. The minimum atomic E-state index is 0.857. The Morgan fingerprint density at radius 2 is 0.788 bits per heavy atom. The maximum atomic E-state index is 5.26. The lowest BCUT2D eigenvalue weighted by Crippen LogP contribution is -1.91. The van der Waals surface area contributed by atoms with Gasteiger partial charge in [-0.2, -0.15) is 0 Å². The molecule has 0 aliphatic heterocycles. The lowest BCUT2D eigenvalue weighted by Gasteiger charge is -2.12. The fourth-order valence-corrected chi connectivity index (χ4v) is 6.98. The summed E-state index contributed by atoms with van der Waals surface area (Å²) in [6, 6.07) is 54.7. The van der Waals surface area contributed by atoms with Crippen LogP contribution >= 0.6 is 0 Å². The second-order valence-electron chi connectivity index (χ2n) is 13.1. The van der Waals surface area contributed by atoms with Gasteiger partial charge in [0.15, 0.2) is 0 Å². The number of fused-ring (bicyclic) bond motifs is 4. The van der Waals surface area contributed by atoms with E-state index in [1.807, 2.05) is 60.9 Å². The van der Waals surface area contributed by atoms with Gasteiger partial charge in [0.05, 0.1) is 39.1 Å². The molecule has 0 unspecified atom stereocenters. The van der Waals surface area contributed by atoms with Crippen LogP contribution in [0.2, 0.25) is 0 Å². The highest BCUT2D eigenvalue weighted by molar-refractivity contribution is 5.92. The van der Waals surface area contributed by atoms with Crippen LogP contribution in [0.25, 0.3) is 99.6 Å². The molecule has 0 aliphatic rings. The molecule has 10 aromatic rings. The molecule has 242 valence electrons. The largest absolute Gasteiger partial charge is 0.256 e. The van der Waals surface area contributed by atoms with E-state index in [2.05, 4.69) is 114 Å². The van der Waals surface area contributed by atoms with Crippen LogP contribution in [0.3, 0.4) is 0 Å². The third-order valence-electron chi connectivity index (χ3n) is 9.72. The summed E-state index contributed by atoms with van der Waals surface area (Å²) in [4.78, 5) is 24.3. The van der Waals surface area contributed by atoms with Crippen molar-refractivity contribution in [2.75, 3.05) is 0 Å². The number of hydrogen-bond donors (Lipinski definition) is 0. The third kappa shape index (κ3) is 5.51. The number of benzene rings is 5. The Morgan fingerprint density at radius 1 is 0.269 bits per heavy atom. The monoisotopic (exact) mass is 663 g/mol. The average Bonchev–Trinajstić information content (AvgIpc) is 3.22. The van der Waals surface area contributed by atoms with E-state index in [9.17, 15) is 0 Å². The standard InChI is InChI=1S/C47H29N5/c1-3-9-41-34(7-1)21-39(28-49-41)36-23-37(40-22-35-8-2-4-10-42(35)50-29-40)25-38(24-36)43-18-16-30-12-14-32(26-46(30)51-43)33-15-13-31-17-19-45(52-47(31)27-33)44-11-5-6-20-48-44/h1-29H. The maximum Gasteiger partial charge on any atom is 0.0893 e. The number of para-hydroxylation sites is 2. The molecule has 0 amide bonds. The third-order valence-corrected chi connectivity index (χ3v) is 9.72. The van der Waals surface area contributed by atoms with Crippen LogP contribution in [0.4, 0.5) is 0 Å². The Kier molecular flexibility index (Phi) is 7.07. The molecule has 0 bridgehead atoms. The summed E-state index contributed by atoms with van der Waals surface area (Å²) in [7, 11) is 0. The van der Waals surface area contributed by atoms with Crippen LogP contribution in [-0.2, 0) is 0 Å². The Balaban J connectivity index is 1.08. The van der Waals surface area contributed by atoms with Crippen molar-refractivity contribution in [3.63, 3.8) is 0 Å². The van der Waals surface area contributed by atoms with Crippen molar-refractivity contribution in [3.8, 4) is 56.0 Å². The van der Waals surface area contributed by atoms with Crippen LogP contribution in [0.1, 0.15) is 0 Å². The Bertz CT molecular complexity index is 2880. The molecule has 5 heterocycles. The second kappa shape index (κ2) is 12.3. The van der Waals surface area contributed by atoms with Gasteiger partial charge in [-0.25, -0.2) is 9.97 Å². The van der Waals surface area contributed by atoms with Gasteiger partial charge in [-0.05, 0) is 101 Å². The van der Waals surface area contributed by atoms with E-state index in [0.29, 0.717) is 0 Å². The van der Waals surface area contributed by atoms with Crippen molar-refractivity contribution in [2.24, 2.45) is 0 Å². The van der Waals surface area contributed by atoms with E-state index in [0.717, 1.165) is 99.6 Å². The van der Waals surface area contributed by atoms with Gasteiger partial charge in [-0.3, -0.25) is 15.0 Å². The molecule has 10 rings (SSSR count). The predicted octanol–water partition coefficient (Wildman–Crippen LogP) is 11.6. The topological polar surface area (TPSA) is 64.5 Å². The minimum absolute atomic E-state index is 0.857. The molecule has 0 saturated heterocycles. The predicted molar refractivity (Wildman–Crippen MR) is 213 cm³/mol. The van der Waals surface area contributed by atoms with Gasteiger partial charge in [0.1, 0.15) is 0 Å². The quantitative estimate of drug-likeness (QED) is 0.183. The van der Waals surface area contributed by atoms with Crippen LogP contribution in [0.5, 0.6) is 0 Å². The van der Waals surface area contributed by atoms with Gasteiger partial charge in [0.2, 0.25) is 0 Å². The minimum Gasteiger partial charge on any atom is -0.256 e. The molecular weight excluding hydrogens is 635 g/mol. The smallest absolute Gasteiger partial charge is 0.0893 e. The normalized spacial score (nSPS) is 11.5. The number of nitrogens with zero attached hydrogens (tertiary/aromatic N) is 5. The summed E-state index contributed by atoms with van der Waals surface area (Å²) in [5.74, 6) is 0. The van der Waals surface area contributed by atoms with Crippen LogP contribution in [-0.4, -0.2) is 24.9 Å². The first-order chi connectivity index (χ1) is 25.7. The van der Waals surface area contributed by atoms with Crippen LogP contribution in [0, 0.1) is 0 Å². The SMILES string of the molecule is c1ccc(-c2ccc3ccc(-c4ccc5ccc(-c6cc(-c7cnc8ccccc8c7)cc(-c7cnc8ccccc8c7)c6)nc5c4)cc3n2)nc1. The molecule has 0 spiro atoms. The highest BCUT2D eigenvalue weighted by Gasteiger charge is 2.12. The fourth-order valence-electron chi connectivity index (χ4n) is 6.98. The van der Waals surface area contributed by atoms with E-state index in [1.165, 1.54) is 0 Å². The molecule has 0 atom stereocenters. The summed E-state index contributed by atoms with van der Waals surface area (Å²) >= 11 is 0. The first-order valence-corrected chi connectivity index (χ1v) is 17.3. The molecule has 5 nitrogen and oxygen atoms in total. The van der Waals surface area contributed by atoms with Gasteiger partial charge in [-0.1, -0.05) is 78.9 Å². The highest BCUT2D eigenvalue weighted by Crippen LogP contribution is 2.35. The molecule has 0 aliphatic carbocycles. The zero-order valence-corrected chi connectivity index (χ0v) is 28.0. The van der Waals surface area contributed by atoms with E-state index in [1.54, 1.807) is 6.20 Å². The number of aromatic nitrogens is 5. The van der Waals surface area contributed by atoms with Gasteiger partial charge in [0.25, 0.3) is 0 Å². The molecule has 0 N–H and O–H groups in total. The second-order valence-corrected chi connectivity index (χ2v) is 13.1. The number of pyridine rings is 5. The highest BCUT2D eigenvalue weighted by atomic mass is 14.8. The van der Waals surface area contributed by atoms with Crippen LogP contribution < -0.4 is 0 Å². The molecule has 5 heteroatoms. The maximum absolute atomic E-state index is 5.26.